The molecule has 0 saturated heterocycles. The number of para-hydroxylation sites is 1. The third kappa shape index (κ3) is 4.39. The zero-order valence-electron chi connectivity index (χ0n) is 15.8. The second-order valence-electron chi connectivity index (χ2n) is 6.16. The number of hydrogen-bond acceptors (Lipinski definition) is 5. The third-order valence-corrected chi connectivity index (χ3v) is 4.23. The van der Waals surface area contributed by atoms with E-state index in [0.29, 0.717) is 36.0 Å². The third-order valence-electron chi connectivity index (χ3n) is 4.23. The van der Waals surface area contributed by atoms with E-state index in [0.717, 1.165) is 10.9 Å². The Morgan fingerprint density at radius 2 is 1.85 bits per heavy atom. The highest BCUT2D eigenvalue weighted by Crippen LogP contribution is 2.30. The number of fused-ring (bicyclic) bond motifs is 1. The molecule has 1 atom stereocenters. The number of aromatic nitrogens is 1. The number of hydrogen-bond donors (Lipinski definition) is 1. The number of rotatable bonds is 8. The molecule has 27 heavy (non-hydrogen) atoms. The molecule has 6 heteroatoms. The first kappa shape index (κ1) is 18.8. The Morgan fingerprint density at radius 1 is 1.11 bits per heavy atom. The SMILES string of the molecule is CCOc1ccc([C@@H](C)NC(=O)Cc2noc3ccccc23)cc1OCC. The summed E-state index contributed by atoms with van der Waals surface area (Å²) in [7, 11) is 0. The van der Waals surface area contributed by atoms with E-state index in [1.54, 1.807) is 0 Å². The number of amides is 1. The van der Waals surface area contributed by atoms with Gasteiger partial charge in [-0.3, -0.25) is 4.79 Å². The maximum absolute atomic E-state index is 12.5. The first-order chi connectivity index (χ1) is 13.1. The fourth-order valence-electron chi connectivity index (χ4n) is 2.93. The highest BCUT2D eigenvalue weighted by atomic mass is 16.5. The van der Waals surface area contributed by atoms with Crippen LogP contribution in [0.4, 0.5) is 0 Å². The first-order valence-corrected chi connectivity index (χ1v) is 9.14. The van der Waals surface area contributed by atoms with E-state index >= 15 is 0 Å². The van der Waals surface area contributed by atoms with Gasteiger partial charge in [-0.1, -0.05) is 23.4 Å². The number of ether oxygens (including phenoxy) is 2. The second-order valence-corrected chi connectivity index (χ2v) is 6.16. The lowest BCUT2D eigenvalue weighted by Crippen LogP contribution is -2.28. The number of nitrogens with zero attached hydrogens (tertiary/aromatic N) is 1. The summed E-state index contributed by atoms with van der Waals surface area (Å²) in [5.41, 5.74) is 2.26. The van der Waals surface area contributed by atoms with Crippen LogP contribution in [0.3, 0.4) is 0 Å². The number of carbonyl (C=O) groups is 1. The zero-order valence-corrected chi connectivity index (χ0v) is 15.8. The summed E-state index contributed by atoms with van der Waals surface area (Å²) in [6, 6.07) is 13.1. The quantitative estimate of drug-likeness (QED) is 0.649. The van der Waals surface area contributed by atoms with Crippen LogP contribution in [-0.4, -0.2) is 24.3 Å². The van der Waals surface area contributed by atoms with Gasteiger partial charge in [-0.25, -0.2) is 0 Å². The Balaban J connectivity index is 1.69. The fourth-order valence-corrected chi connectivity index (χ4v) is 2.93. The van der Waals surface area contributed by atoms with Gasteiger partial charge < -0.3 is 19.3 Å². The van der Waals surface area contributed by atoms with Gasteiger partial charge in [0.1, 0.15) is 5.69 Å². The molecule has 0 radical (unpaired) electrons. The molecule has 3 rings (SSSR count). The molecule has 2 aromatic carbocycles. The molecular formula is C21H24N2O4. The van der Waals surface area contributed by atoms with Crippen molar-refractivity contribution in [3.05, 3.63) is 53.7 Å². The van der Waals surface area contributed by atoms with E-state index in [4.69, 9.17) is 14.0 Å². The molecular weight excluding hydrogens is 344 g/mol. The number of carbonyl (C=O) groups excluding carboxylic acids is 1. The van der Waals surface area contributed by atoms with Crippen molar-refractivity contribution in [3.8, 4) is 11.5 Å². The molecule has 0 aliphatic heterocycles. The molecule has 0 bridgehead atoms. The van der Waals surface area contributed by atoms with Crippen LogP contribution in [0.5, 0.6) is 11.5 Å². The molecule has 0 spiro atoms. The molecule has 1 amide bonds. The molecule has 0 unspecified atom stereocenters. The summed E-state index contributed by atoms with van der Waals surface area (Å²) >= 11 is 0. The van der Waals surface area contributed by atoms with E-state index in [-0.39, 0.29) is 18.4 Å². The van der Waals surface area contributed by atoms with Crippen molar-refractivity contribution in [2.75, 3.05) is 13.2 Å². The van der Waals surface area contributed by atoms with Gasteiger partial charge in [-0.2, -0.15) is 0 Å². The van der Waals surface area contributed by atoms with Gasteiger partial charge in [0.25, 0.3) is 0 Å². The van der Waals surface area contributed by atoms with Gasteiger partial charge in [0.15, 0.2) is 17.1 Å². The standard InChI is InChI=1S/C21H24N2O4/c1-4-25-19-11-10-15(12-20(19)26-5-2)14(3)22-21(24)13-17-16-8-6-7-9-18(16)27-23-17/h6-12,14H,4-5,13H2,1-3H3,(H,22,24)/t14-/m1/s1. The topological polar surface area (TPSA) is 73.6 Å². The van der Waals surface area contributed by atoms with Crippen molar-refractivity contribution in [2.24, 2.45) is 0 Å². The average Bonchev–Trinajstić information content (AvgIpc) is 3.06. The molecule has 0 aliphatic carbocycles. The van der Waals surface area contributed by atoms with E-state index in [1.807, 2.05) is 63.2 Å². The largest absolute Gasteiger partial charge is 0.490 e. The summed E-state index contributed by atoms with van der Waals surface area (Å²) < 4.78 is 16.5. The Kier molecular flexibility index (Phi) is 5.96. The van der Waals surface area contributed by atoms with Gasteiger partial charge in [-0.15, -0.1) is 0 Å². The highest BCUT2D eigenvalue weighted by Gasteiger charge is 2.16. The second kappa shape index (κ2) is 8.58. The molecule has 0 saturated carbocycles. The number of benzene rings is 2. The van der Waals surface area contributed by atoms with E-state index in [9.17, 15) is 4.79 Å². The maximum atomic E-state index is 12.5. The summed E-state index contributed by atoms with van der Waals surface area (Å²) in [5.74, 6) is 1.27. The van der Waals surface area contributed by atoms with Crippen LogP contribution in [-0.2, 0) is 11.2 Å². The Morgan fingerprint density at radius 3 is 2.63 bits per heavy atom. The van der Waals surface area contributed by atoms with Crippen LogP contribution in [0.2, 0.25) is 0 Å². The first-order valence-electron chi connectivity index (χ1n) is 9.14. The zero-order chi connectivity index (χ0) is 19.2. The predicted molar refractivity (Wildman–Crippen MR) is 103 cm³/mol. The van der Waals surface area contributed by atoms with Crippen LogP contribution < -0.4 is 14.8 Å². The highest BCUT2D eigenvalue weighted by molar-refractivity contribution is 5.86. The van der Waals surface area contributed by atoms with Crippen LogP contribution in [0.1, 0.15) is 38.1 Å². The normalized spacial score (nSPS) is 12.0. The molecule has 6 nitrogen and oxygen atoms in total. The smallest absolute Gasteiger partial charge is 0.226 e. The lowest BCUT2D eigenvalue weighted by molar-refractivity contribution is -0.121. The van der Waals surface area contributed by atoms with Crippen LogP contribution in [0.25, 0.3) is 11.0 Å². The van der Waals surface area contributed by atoms with Gasteiger partial charge in [0, 0.05) is 5.39 Å². The van der Waals surface area contributed by atoms with Crippen LogP contribution >= 0.6 is 0 Å². The lowest BCUT2D eigenvalue weighted by atomic mass is 10.1. The minimum absolute atomic E-state index is 0.117. The minimum atomic E-state index is -0.175. The van der Waals surface area contributed by atoms with Gasteiger partial charge >= 0.3 is 0 Å². The van der Waals surface area contributed by atoms with Crippen LogP contribution in [0.15, 0.2) is 47.0 Å². The van der Waals surface area contributed by atoms with Gasteiger partial charge in [0.05, 0.1) is 25.7 Å². The minimum Gasteiger partial charge on any atom is -0.490 e. The van der Waals surface area contributed by atoms with E-state index in [1.165, 1.54) is 0 Å². The molecule has 3 aromatic rings. The molecule has 142 valence electrons. The number of nitrogens with one attached hydrogen (secondary N) is 1. The van der Waals surface area contributed by atoms with E-state index < -0.39 is 0 Å². The summed E-state index contributed by atoms with van der Waals surface area (Å²) in [4.78, 5) is 12.5. The fraction of sp³-hybridized carbons (Fsp3) is 0.333. The molecule has 1 heterocycles. The average molecular weight is 368 g/mol. The Hall–Kier alpha value is -3.02. The molecule has 1 aromatic heterocycles. The molecule has 0 fully saturated rings. The Bertz CT molecular complexity index is 919. The van der Waals surface area contributed by atoms with Crippen LogP contribution in [0, 0.1) is 0 Å². The predicted octanol–water partition coefficient (Wildman–Crippen LogP) is 4.05. The van der Waals surface area contributed by atoms with E-state index in [2.05, 4.69) is 10.5 Å². The lowest BCUT2D eigenvalue weighted by Gasteiger charge is -2.17. The van der Waals surface area contributed by atoms with Crippen molar-refractivity contribution >= 4 is 16.9 Å². The van der Waals surface area contributed by atoms with Crippen molar-refractivity contribution in [3.63, 3.8) is 0 Å². The summed E-state index contributed by atoms with van der Waals surface area (Å²) in [5, 5.41) is 7.88. The Labute approximate surface area is 158 Å². The van der Waals surface area contributed by atoms with Crippen molar-refractivity contribution in [1.82, 2.24) is 10.5 Å². The van der Waals surface area contributed by atoms with Crippen molar-refractivity contribution in [1.29, 1.82) is 0 Å². The van der Waals surface area contributed by atoms with Crippen molar-refractivity contribution in [2.45, 2.75) is 33.2 Å². The van der Waals surface area contributed by atoms with Gasteiger partial charge in [-0.05, 0) is 50.6 Å². The summed E-state index contributed by atoms with van der Waals surface area (Å²) in [6.45, 7) is 6.90. The van der Waals surface area contributed by atoms with Gasteiger partial charge in [0.2, 0.25) is 5.91 Å². The monoisotopic (exact) mass is 368 g/mol. The maximum Gasteiger partial charge on any atom is 0.226 e. The van der Waals surface area contributed by atoms with Crippen molar-refractivity contribution < 1.29 is 18.8 Å². The molecule has 1 N–H and O–H groups in total. The summed E-state index contributed by atoms with van der Waals surface area (Å²) in [6.07, 6.45) is 0.163. The molecule has 0 aliphatic rings.